The van der Waals surface area contributed by atoms with E-state index in [1.807, 2.05) is 31.2 Å². The van der Waals surface area contributed by atoms with Crippen LogP contribution in [0.3, 0.4) is 0 Å². The molecule has 3 nitrogen and oxygen atoms in total. The molecule has 0 aromatic heterocycles. The molecule has 1 unspecified atom stereocenters. The number of hydrogen-bond acceptors (Lipinski definition) is 2. The van der Waals surface area contributed by atoms with Crippen molar-refractivity contribution in [3.8, 4) is 0 Å². The predicted octanol–water partition coefficient (Wildman–Crippen LogP) is 5.54. The molecule has 0 aliphatic heterocycles. The van der Waals surface area contributed by atoms with Crippen LogP contribution >= 0.6 is 0 Å². The van der Waals surface area contributed by atoms with Gasteiger partial charge < -0.3 is 0 Å². The van der Waals surface area contributed by atoms with Crippen LogP contribution in [-0.2, 0) is 15.4 Å². The molecule has 0 bridgehead atoms. The van der Waals surface area contributed by atoms with Crippen molar-refractivity contribution < 1.29 is 8.42 Å². The second-order valence-electron chi connectivity index (χ2n) is 8.18. The second kappa shape index (κ2) is 7.93. The highest BCUT2D eigenvalue weighted by atomic mass is 32.2. The Bertz CT molecular complexity index is 814. The molecule has 0 saturated heterocycles. The van der Waals surface area contributed by atoms with Gasteiger partial charge in [0.15, 0.2) is 0 Å². The smallest absolute Gasteiger partial charge is 0.207 e. The molecule has 0 heterocycles. The van der Waals surface area contributed by atoms with Gasteiger partial charge in [-0.1, -0.05) is 77.9 Å². The van der Waals surface area contributed by atoms with Crippen molar-refractivity contribution >= 4 is 10.0 Å². The molecule has 4 heteroatoms. The Morgan fingerprint density at radius 2 is 1.38 bits per heavy atom. The lowest BCUT2D eigenvalue weighted by atomic mass is 9.87. The summed E-state index contributed by atoms with van der Waals surface area (Å²) < 4.78 is 28.5. The molecule has 26 heavy (non-hydrogen) atoms. The Kier molecular flexibility index (Phi) is 6.30. The van der Waals surface area contributed by atoms with E-state index in [1.54, 1.807) is 12.1 Å². The lowest BCUT2D eigenvalue weighted by Crippen LogP contribution is -2.28. The molecule has 1 N–H and O–H groups in total. The van der Waals surface area contributed by atoms with Crippen molar-refractivity contribution in [2.75, 3.05) is 0 Å². The first-order chi connectivity index (χ1) is 12.0. The van der Waals surface area contributed by atoms with E-state index in [0.29, 0.717) is 17.2 Å². The SMILES string of the molecule is CCC(NS(=O)(=O)c1ccc(C(C)(C)C)cc1)c1ccc(C(C)C)cc1. The molecular formula is C22H31NO2S. The van der Waals surface area contributed by atoms with Crippen molar-refractivity contribution in [1.82, 2.24) is 4.72 Å². The average molecular weight is 374 g/mol. The van der Waals surface area contributed by atoms with Crippen LogP contribution in [0.1, 0.15) is 76.6 Å². The summed E-state index contributed by atoms with van der Waals surface area (Å²) in [7, 11) is -3.56. The predicted molar refractivity (Wildman–Crippen MR) is 109 cm³/mol. The molecular weight excluding hydrogens is 342 g/mol. The molecule has 2 aromatic rings. The highest BCUT2D eigenvalue weighted by Gasteiger charge is 2.21. The number of hydrogen-bond donors (Lipinski definition) is 1. The highest BCUT2D eigenvalue weighted by molar-refractivity contribution is 7.89. The minimum atomic E-state index is -3.56. The maximum atomic E-state index is 12.8. The fourth-order valence-corrected chi connectivity index (χ4v) is 4.20. The van der Waals surface area contributed by atoms with Crippen molar-refractivity contribution in [2.24, 2.45) is 0 Å². The molecule has 0 spiro atoms. The van der Waals surface area contributed by atoms with Gasteiger partial charge in [0.2, 0.25) is 10.0 Å². The topological polar surface area (TPSA) is 46.2 Å². The number of benzene rings is 2. The van der Waals surface area contributed by atoms with Crippen LogP contribution in [-0.4, -0.2) is 8.42 Å². The molecule has 142 valence electrons. The van der Waals surface area contributed by atoms with Gasteiger partial charge >= 0.3 is 0 Å². The van der Waals surface area contributed by atoms with E-state index < -0.39 is 10.0 Å². The summed E-state index contributed by atoms with van der Waals surface area (Å²) in [6.45, 7) is 12.6. The van der Waals surface area contributed by atoms with Gasteiger partial charge in [0.05, 0.1) is 4.90 Å². The first-order valence-electron chi connectivity index (χ1n) is 9.27. The Balaban J connectivity index is 2.23. The summed E-state index contributed by atoms with van der Waals surface area (Å²) in [5.74, 6) is 0.460. The Hall–Kier alpha value is -1.65. The maximum Gasteiger partial charge on any atom is 0.241 e. The fraction of sp³-hybridized carbons (Fsp3) is 0.455. The van der Waals surface area contributed by atoms with Crippen LogP contribution in [0.15, 0.2) is 53.4 Å². The molecule has 2 aromatic carbocycles. The van der Waals surface area contributed by atoms with Crippen molar-refractivity contribution in [1.29, 1.82) is 0 Å². The third-order valence-corrected chi connectivity index (χ3v) is 6.23. The zero-order valence-corrected chi connectivity index (χ0v) is 17.5. The van der Waals surface area contributed by atoms with Gasteiger partial charge in [-0.2, -0.15) is 0 Å². The van der Waals surface area contributed by atoms with Gasteiger partial charge in [-0.3, -0.25) is 0 Å². The van der Waals surface area contributed by atoms with Crippen LogP contribution in [0.25, 0.3) is 0 Å². The highest BCUT2D eigenvalue weighted by Crippen LogP contribution is 2.25. The lowest BCUT2D eigenvalue weighted by Gasteiger charge is -2.21. The fourth-order valence-electron chi connectivity index (χ4n) is 2.89. The average Bonchev–Trinajstić information content (AvgIpc) is 2.59. The largest absolute Gasteiger partial charge is 0.241 e. The molecule has 0 amide bonds. The zero-order valence-electron chi connectivity index (χ0n) is 16.7. The third kappa shape index (κ3) is 4.95. The number of sulfonamides is 1. The van der Waals surface area contributed by atoms with Gasteiger partial charge in [-0.25, -0.2) is 13.1 Å². The second-order valence-corrected chi connectivity index (χ2v) is 9.89. The van der Waals surface area contributed by atoms with Crippen LogP contribution in [0.4, 0.5) is 0 Å². The van der Waals surface area contributed by atoms with Crippen molar-refractivity contribution in [3.63, 3.8) is 0 Å². The van der Waals surface area contributed by atoms with E-state index in [4.69, 9.17) is 0 Å². The molecule has 0 aliphatic carbocycles. The molecule has 0 radical (unpaired) electrons. The minimum absolute atomic E-state index is 0.000164. The monoisotopic (exact) mass is 373 g/mol. The standard InChI is InChI=1S/C22H31NO2S/c1-7-21(18-10-8-17(9-11-18)16(2)3)23-26(24,25)20-14-12-19(13-15-20)22(4,5)6/h8-16,21,23H,7H2,1-6H3. The molecule has 0 saturated carbocycles. The summed E-state index contributed by atoms with van der Waals surface area (Å²) in [6, 6.07) is 15.1. The van der Waals surface area contributed by atoms with Gasteiger partial charge in [0.1, 0.15) is 0 Å². The summed E-state index contributed by atoms with van der Waals surface area (Å²) >= 11 is 0. The molecule has 2 rings (SSSR count). The summed E-state index contributed by atoms with van der Waals surface area (Å²) in [5, 5.41) is 0. The van der Waals surface area contributed by atoms with Crippen LogP contribution in [0.2, 0.25) is 0 Å². The van der Waals surface area contributed by atoms with Gasteiger partial charge in [-0.15, -0.1) is 0 Å². The number of rotatable bonds is 6. The Morgan fingerprint density at radius 3 is 1.81 bits per heavy atom. The van der Waals surface area contributed by atoms with Crippen LogP contribution in [0, 0.1) is 0 Å². The van der Waals surface area contributed by atoms with Crippen molar-refractivity contribution in [3.05, 3.63) is 65.2 Å². The van der Waals surface area contributed by atoms with E-state index in [2.05, 4.69) is 51.5 Å². The third-order valence-electron chi connectivity index (χ3n) is 4.74. The van der Waals surface area contributed by atoms with E-state index in [9.17, 15) is 8.42 Å². The summed E-state index contributed by atoms with van der Waals surface area (Å²) in [4.78, 5) is 0.308. The van der Waals surface area contributed by atoms with E-state index in [0.717, 1.165) is 11.1 Å². The molecule has 0 aliphatic rings. The van der Waals surface area contributed by atoms with E-state index in [1.165, 1.54) is 5.56 Å². The quantitative estimate of drug-likeness (QED) is 0.723. The lowest BCUT2D eigenvalue weighted by molar-refractivity contribution is 0.549. The van der Waals surface area contributed by atoms with E-state index in [-0.39, 0.29) is 11.5 Å². The summed E-state index contributed by atoms with van der Waals surface area (Å²) in [5.41, 5.74) is 3.36. The first kappa shape index (κ1) is 20.7. The Labute approximate surface area is 158 Å². The molecule has 0 fully saturated rings. The normalized spacial score (nSPS) is 13.8. The van der Waals surface area contributed by atoms with Gasteiger partial charge in [0.25, 0.3) is 0 Å². The van der Waals surface area contributed by atoms with Gasteiger partial charge in [-0.05, 0) is 46.6 Å². The van der Waals surface area contributed by atoms with Crippen molar-refractivity contribution in [2.45, 2.75) is 70.2 Å². The van der Waals surface area contributed by atoms with E-state index >= 15 is 0 Å². The minimum Gasteiger partial charge on any atom is -0.207 e. The van der Waals surface area contributed by atoms with Gasteiger partial charge in [0, 0.05) is 6.04 Å². The summed E-state index contributed by atoms with van der Waals surface area (Å²) in [6.07, 6.45) is 0.695. The Morgan fingerprint density at radius 1 is 0.885 bits per heavy atom. The zero-order chi connectivity index (χ0) is 19.5. The number of nitrogens with one attached hydrogen (secondary N) is 1. The maximum absolute atomic E-state index is 12.8. The van der Waals surface area contributed by atoms with Crippen LogP contribution in [0.5, 0.6) is 0 Å². The first-order valence-corrected chi connectivity index (χ1v) is 10.8. The molecule has 1 atom stereocenters. The van der Waals surface area contributed by atoms with Crippen LogP contribution < -0.4 is 4.72 Å².